The van der Waals surface area contributed by atoms with E-state index in [4.69, 9.17) is 0 Å². The average molecular weight is 183 g/mol. The summed E-state index contributed by atoms with van der Waals surface area (Å²) in [6.07, 6.45) is 1.63. The van der Waals surface area contributed by atoms with Gasteiger partial charge in [0.15, 0.2) is 0 Å². The molecule has 0 aromatic carbocycles. The SMILES string of the molecule is C=C1CC[C@@H](CC(=O)[O-])[C@]1(C)CO. The van der Waals surface area contributed by atoms with Crippen LogP contribution in [0.3, 0.4) is 0 Å². The van der Waals surface area contributed by atoms with Gasteiger partial charge in [0, 0.05) is 11.4 Å². The molecule has 1 N–H and O–H groups in total. The first kappa shape index (κ1) is 10.3. The number of hydrogen-bond donors (Lipinski definition) is 1. The molecule has 1 aliphatic rings. The summed E-state index contributed by atoms with van der Waals surface area (Å²) in [6, 6.07) is 0. The number of aliphatic hydroxyl groups is 1. The summed E-state index contributed by atoms with van der Waals surface area (Å²) in [6.45, 7) is 5.71. The third-order valence-electron chi connectivity index (χ3n) is 3.24. The second-order valence-electron chi connectivity index (χ2n) is 3.99. The van der Waals surface area contributed by atoms with Gasteiger partial charge in [0.05, 0.1) is 6.61 Å². The van der Waals surface area contributed by atoms with E-state index in [1.807, 2.05) is 6.92 Å². The molecule has 0 amide bonds. The number of carboxylic acids is 1. The average Bonchev–Trinajstić information content (AvgIpc) is 2.33. The van der Waals surface area contributed by atoms with Gasteiger partial charge >= 0.3 is 0 Å². The molecule has 1 fully saturated rings. The molecular weight excluding hydrogens is 168 g/mol. The highest BCUT2D eigenvalue weighted by atomic mass is 16.4. The molecule has 0 unspecified atom stereocenters. The second-order valence-corrected chi connectivity index (χ2v) is 3.99. The molecule has 1 saturated carbocycles. The lowest BCUT2D eigenvalue weighted by Gasteiger charge is -2.30. The number of carbonyl (C=O) groups is 1. The molecule has 74 valence electrons. The highest BCUT2D eigenvalue weighted by molar-refractivity contribution is 5.65. The lowest BCUT2D eigenvalue weighted by Crippen LogP contribution is -2.33. The Hall–Kier alpha value is -0.830. The van der Waals surface area contributed by atoms with Crippen molar-refractivity contribution >= 4 is 5.97 Å². The first-order chi connectivity index (χ1) is 6.00. The molecule has 0 aliphatic heterocycles. The van der Waals surface area contributed by atoms with Crippen molar-refractivity contribution in [1.82, 2.24) is 0 Å². The predicted molar refractivity (Wildman–Crippen MR) is 46.7 cm³/mol. The molecule has 0 aromatic rings. The van der Waals surface area contributed by atoms with E-state index in [0.29, 0.717) is 0 Å². The van der Waals surface area contributed by atoms with Crippen LogP contribution in [0.4, 0.5) is 0 Å². The van der Waals surface area contributed by atoms with Crippen LogP contribution in [0.5, 0.6) is 0 Å². The van der Waals surface area contributed by atoms with Crippen LogP contribution in [-0.4, -0.2) is 17.7 Å². The Labute approximate surface area is 78.1 Å². The summed E-state index contributed by atoms with van der Waals surface area (Å²) < 4.78 is 0. The van der Waals surface area contributed by atoms with Gasteiger partial charge in [-0.05, 0) is 25.2 Å². The molecule has 1 rings (SSSR count). The molecular formula is C10H15O3-. The summed E-state index contributed by atoms with van der Waals surface area (Å²) in [7, 11) is 0. The zero-order valence-corrected chi connectivity index (χ0v) is 7.88. The van der Waals surface area contributed by atoms with Crippen LogP contribution >= 0.6 is 0 Å². The zero-order valence-electron chi connectivity index (χ0n) is 7.88. The number of carbonyl (C=O) groups excluding carboxylic acids is 1. The maximum absolute atomic E-state index is 10.4. The predicted octanol–water partition coefficient (Wildman–Crippen LogP) is 0.0912. The maximum Gasteiger partial charge on any atom is 0.0524 e. The van der Waals surface area contributed by atoms with Crippen LogP contribution in [0.15, 0.2) is 12.2 Å². The van der Waals surface area contributed by atoms with Crippen molar-refractivity contribution in [2.75, 3.05) is 6.61 Å². The van der Waals surface area contributed by atoms with Crippen LogP contribution in [0, 0.1) is 11.3 Å². The van der Waals surface area contributed by atoms with Gasteiger partial charge in [-0.3, -0.25) is 0 Å². The third-order valence-corrected chi connectivity index (χ3v) is 3.24. The fourth-order valence-electron chi connectivity index (χ4n) is 2.01. The van der Waals surface area contributed by atoms with Gasteiger partial charge in [-0.2, -0.15) is 0 Å². The Morgan fingerprint density at radius 3 is 2.92 bits per heavy atom. The van der Waals surface area contributed by atoms with E-state index in [1.54, 1.807) is 0 Å². The van der Waals surface area contributed by atoms with Crippen LogP contribution in [0.1, 0.15) is 26.2 Å². The monoisotopic (exact) mass is 183 g/mol. The van der Waals surface area contributed by atoms with E-state index in [0.717, 1.165) is 18.4 Å². The Bertz CT molecular complexity index is 234. The molecule has 3 heteroatoms. The fourth-order valence-corrected chi connectivity index (χ4v) is 2.01. The summed E-state index contributed by atoms with van der Waals surface area (Å²) in [5.41, 5.74) is 0.543. The molecule has 0 bridgehead atoms. The lowest BCUT2D eigenvalue weighted by molar-refractivity contribution is -0.307. The highest BCUT2D eigenvalue weighted by Crippen LogP contribution is 2.47. The molecule has 0 saturated heterocycles. The normalized spacial score (nSPS) is 33.7. The Kier molecular flexibility index (Phi) is 2.76. The molecule has 2 atom stereocenters. The number of aliphatic hydroxyl groups excluding tert-OH is 1. The first-order valence-corrected chi connectivity index (χ1v) is 4.49. The van der Waals surface area contributed by atoms with Crippen LogP contribution in [0.2, 0.25) is 0 Å². The number of hydrogen-bond acceptors (Lipinski definition) is 3. The van der Waals surface area contributed by atoms with Crippen molar-refractivity contribution in [2.45, 2.75) is 26.2 Å². The molecule has 0 heterocycles. The summed E-state index contributed by atoms with van der Waals surface area (Å²) in [4.78, 5) is 10.4. The van der Waals surface area contributed by atoms with Crippen LogP contribution < -0.4 is 5.11 Å². The quantitative estimate of drug-likeness (QED) is 0.631. The van der Waals surface area contributed by atoms with E-state index >= 15 is 0 Å². The number of rotatable bonds is 3. The summed E-state index contributed by atoms with van der Waals surface area (Å²) in [5.74, 6) is -1.06. The van der Waals surface area contributed by atoms with Gasteiger partial charge in [0.2, 0.25) is 0 Å². The number of carboxylic acid groups (broad SMARTS) is 1. The zero-order chi connectivity index (χ0) is 10.1. The minimum Gasteiger partial charge on any atom is -0.550 e. The largest absolute Gasteiger partial charge is 0.550 e. The van der Waals surface area contributed by atoms with Crippen molar-refractivity contribution in [3.05, 3.63) is 12.2 Å². The van der Waals surface area contributed by atoms with Gasteiger partial charge < -0.3 is 15.0 Å². The second kappa shape index (κ2) is 3.50. The summed E-state index contributed by atoms with van der Waals surface area (Å²) in [5, 5.41) is 19.6. The minimum atomic E-state index is -1.04. The van der Waals surface area contributed by atoms with Gasteiger partial charge in [-0.1, -0.05) is 19.1 Å². The molecule has 0 radical (unpaired) electrons. The Morgan fingerprint density at radius 1 is 1.85 bits per heavy atom. The van der Waals surface area contributed by atoms with Crippen LogP contribution in [-0.2, 0) is 4.79 Å². The highest BCUT2D eigenvalue weighted by Gasteiger charge is 2.40. The van der Waals surface area contributed by atoms with E-state index in [9.17, 15) is 15.0 Å². The standard InChI is InChI=1S/C10H16O3/c1-7-3-4-8(5-9(12)13)10(7,2)6-11/h8,11H,1,3-6H2,2H3,(H,12,13)/p-1/t8-,10+/m0/s1. The maximum atomic E-state index is 10.4. The van der Waals surface area contributed by atoms with Gasteiger partial charge in [-0.25, -0.2) is 0 Å². The molecule has 13 heavy (non-hydrogen) atoms. The van der Waals surface area contributed by atoms with Crippen molar-refractivity contribution in [3.63, 3.8) is 0 Å². The number of aliphatic carboxylic acids is 1. The molecule has 0 aromatic heterocycles. The van der Waals surface area contributed by atoms with Crippen molar-refractivity contribution < 1.29 is 15.0 Å². The first-order valence-electron chi connectivity index (χ1n) is 4.49. The van der Waals surface area contributed by atoms with Crippen molar-refractivity contribution in [3.8, 4) is 0 Å². The van der Waals surface area contributed by atoms with E-state index in [-0.39, 0.29) is 18.9 Å². The topological polar surface area (TPSA) is 60.4 Å². The van der Waals surface area contributed by atoms with Gasteiger partial charge in [-0.15, -0.1) is 0 Å². The third kappa shape index (κ3) is 1.75. The lowest BCUT2D eigenvalue weighted by atomic mass is 9.77. The summed E-state index contributed by atoms with van der Waals surface area (Å²) >= 11 is 0. The minimum absolute atomic E-state index is 0.0185. The Balaban J connectivity index is 2.75. The van der Waals surface area contributed by atoms with Crippen molar-refractivity contribution in [2.24, 2.45) is 11.3 Å². The van der Waals surface area contributed by atoms with Crippen molar-refractivity contribution in [1.29, 1.82) is 0 Å². The molecule has 1 aliphatic carbocycles. The molecule has 3 nitrogen and oxygen atoms in total. The fraction of sp³-hybridized carbons (Fsp3) is 0.700. The molecule has 0 spiro atoms. The van der Waals surface area contributed by atoms with E-state index < -0.39 is 11.4 Å². The van der Waals surface area contributed by atoms with Crippen LogP contribution in [0.25, 0.3) is 0 Å². The van der Waals surface area contributed by atoms with Gasteiger partial charge in [0.25, 0.3) is 0 Å². The Morgan fingerprint density at radius 2 is 2.46 bits per heavy atom. The van der Waals surface area contributed by atoms with E-state index in [2.05, 4.69) is 6.58 Å². The smallest absolute Gasteiger partial charge is 0.0524 e. The van der Waals surface area contributed by atoms with Gasteiger partial charge in [0.1, 0.15) is 0 Å². The van der Waals surface area contributed by atoms with E-state index in [1.165, 1.54) is 0 Å².